The molecule has 0 fully saturated rings. The fourth-order valence-corrected chi connectivity index (χ4v) is 3.23. The second kappa shape index (κ2) is 4.00. The summed E-state index contributed by atoms with van der Waals surface area (Å²) in [6.45, 7) is 3.26. The Bertz CT molecular complexity index is 490. The highest BCUT2D eigenvalue weighted by Gasteiger charge is 2.20. The van der Waals surface area contributed by atoms with Crippen LogP contribution >= 0.6 is 11.3 Å². The Morgan fingerprint density at radius 2 is 2.12 bits per heavy atom. The molecule has 0 spiro atoms. The van der Waals surface area contributed by atoms with E-state index in [0.29, 0.717) is 6.04 Å². The van der Waals surface area contributed by atoms with Crippen LogP contribution in [0.2, 0.25) is 0 Å². The Morgan fingerprint density at radius 1 is 1.31 bits per heavy atom. The van der Waals surface area contributed by atoms with Crippen LogP contribution in [0.1, 0.15) is 23.5 Å². The maximum absolute atomic E-state index is 4.75. The lowest BCUT2D eigenvalue weighted by Crippen LogP contribution is -2.26. The Morgan fingerprint density at radius 3 is 2.88 bits per heavy atom. The minimum absolute atomic E-state index is 0.457. The molecule has 0 aliphatic carbocycles. The monoisotopic (exact) mass is 230 g/mol. The van der Waals surface area contributed by atoms with E-state index in [0.717, 1.165) is 18.0 Å². The first-order valence-corrected chi connectivity index (χ1v) is 6.44. The molecule has 16 heavy (non-hydrogen) atoms. The van der Waals surface area contributed by atoms with Crippen molar-refractivity contribution in [2.45, 2.75) is 19.4 Å². The Hall–Kier alpha value is -1.19. The number of hydrogen-bond acceptors (Lipinski definition) is 3. The van der Waals surface area contributed by atoms with Gasteiger partial charge in [0.2, 0.25) is 0 Å². The predicted octanol–water partition coefficient (Wildman–Crippen LogP) is 3.02. The number of nitrogens with one attached hydrogen (secondary N) is 1. The standard InChI is InChI=1S/C13H14N2S/c1-9-12-11(7-8-14-9)15-13(16-12)10-5-3-2-4-6-10/h2-6,9,14H,7-8H2,1H3. The summed E-state index contributed by atoms with van der Waals surface area (Å²) >= 11 is 1.82. The molecule has 1 aromatic heterocycles. The third-order valence-corrected chi connectivity index (χ3v) is 4.28. The van der Waals surface area contributed by atoms with Crippen LogP contribution in [0.3, 0.4) is 0 Å². The highest BCUT2D eigenvalue weighted by molar-refractivity contribution is 7.15. The molecule has 3 heteroatoms. The largest absolute Gasteiger partial charge is 0.309 e. The van der Waals surface area contributed by atoms with Crippen molar-refractivity contribution in [3.63, 3.8) is 0 Å². The second-order valence-electron chi connectivity index (χ2n) is 4.12. The number of aromatic nitrogens is 1. The average molecular weight is 230 g/mol. The summed E-state index contributed by atoms with van der Waals surface area (Å²) in [4.78, 5) is 6.16. The van der Waals surface area contributed by atoms with Crippen LogP contribution in [0.5, 0.6) is 0 Å². The van der Waals surface area contributed by atoms with Crippen molar-refractivity contribution in [1.29, 1.82) is 0 Å². The molecule has 1 atom stereocenters. The molecular formula is C13H14N2S. The summed E-state index contributed by atoms with van der Waals surface area (Å²) in [5.41, 5.74) is 2.52. The molecule has 0 radical (unpaired) electrons. The molecule has 0 saturated carbocycles. The van der Waals surface area contributed by atoms with Gasteiger partial charge in [-0.05, 0) is 6.92 Å². The zero-order valence-corrected chi connectivity index (χ0v) is 10.1. The molecule has 2 nitrogen and oxygen atoms in total. The van der Waals surface area contributed by atoms with Gasteiger partial charge in [-0.2, -0.15) is 0 Å². The van der Waals surface area contributed by atoms with Gasteiger partial charge in [0.05, 0.1) is 5.69 Å². The van der Waals surface area contributed by atoms with Gasteiger partial charge >= 0.3 is 0 Å². The van der Waals surface area contributed by atoms with Crippen molar-refractivity contribution in [3.05, 3.63) is 40.9 Å². The van der Waals surface area contributed by atoms with Gasteiger partial charge in [0.15, 0.2) is 0 Å². The van der Waals surface area contributed by atoms with E-state index < -0.39 is 0 Å². The Labute approximate surface area is 99.4 Å². The topological polar surface area (TPSA) is 24.9 Å². The van der Waals surface area contributed by atoms with Gasteiger partial charge in [-0.3, -0.25) is 0 Å². The number of thiazole rings is 1. The number of fused-ring (bicyclic) bond motifs is 1. The van der Waals surface area contributed by atoms with Crippen molar-refractivity contribution in [1.82, 2.24) is 10.3 Å². The SMILES string of the molecule is CC1NCCc2nc(-c3ccccc3)sc21. The van der Waals surface area contributed by atoms with Gasteiger partial charge in [-0.25, -0.2) is 4.98 Å². The van der Waals surface area contributed by atoms with Crippen LogP contribution in [0, 0.1) is 0 Å². The van der Waals surface area contributed by atoms with Crippen LogP contribution in [0.25, 0.3) is 10.6 Å². The molecule has 1 aromatic carbocycles. The quantitative estimate of drug-likeness (QED) is 0.814. The molecule has 0 bridgehead atoms. The first-order valence-electron chi connectivity index (χ1n) is 5.63. The van der Waals surface area contributed by atoms with Crippen molar-refractivity contribution in [3.8, 4) is 10.6 Å². The molecule has 2 heterocycles. The van der Waals surface area contributed by atoms with E-state index in [1.54, 1.807) is 0 Å². The van der Waals surface area contributed by atoms with Crippen LogP contribution in [-0.2, 0) is 6.42 Å². The maximum atomic E-state index is 4.75. The van der Waals surface area contributed by atoms with Crippen molar-refractivity contribution < 1.29 is 0 Å². The van der Waals surface area contributed by atoms with E-state index in [2.05, 4.69) is 36.5 Å². The van der Waals surface area contributed by atoms with Crippen molar-refractivity contribution in [2.24, 2.45) is 0 Å². The molecule has 0 amide bonds. The van der Waals surface area contributed by atoms with Gasteiger partial charge in [0, 0.05) is 29.4 Å². The fraction of sp³-hybridized carbons (Fsp3) is 0.308. The number of rotatable bonds is 1. The van der Waals surface area contributed by atoms with Crippen molar-refractivity contribution >= 4 is 11.3 Å². The zero-order valence-electron chi connectivity index (χ0n) is 9.23. The molecule has 1 N–H and O–H groups in total. The second-order valence-corrected chi connectivity index (χ2v) is 5.15. The van der Waals surface area contributed by atoms with Gasteiger partial charge in [-0.1, -0.05) is 30.3 Å². The number of benzene rings is 1. The van der Waals surface area contributed by atoms with Crippen LogP contribution in [0.15, 0.2) is 30.3 Å². The third-order valence-electron chi connectivity index (χ3n) is 2.95. The summed E-state index contributed by atoms with van der Waals surface area (Å²) in [5.74, 6) is 0. The first-order chi connectivity index (χ1) is 7.84. The molecular weight excluding hydrogens is 216 g/mol. The summed E-state index contributed by atoms with van der Waals surface area (Å²) in [6.07, 6.45) is 1.06. The van der Waals surface area contributed by atoms with Crippen LogP contribution in [0.4, 0.5) is 0 Å². The minimum Gasteiger partial charge on any atom is -0.309 e. The van der Waals surface area contributed by atoms with Crippen LogP contribution < -0.4 is 5.32 Å². The fourth-order valence-electron chi connectivity index (χ4n) is 2.08. The average Bonchev–Trinajstić information content (AvgIpc) is 2.76. The van der Waals surface area contributed by atoms with E-state index in [9.17, 15) is 0 Å². The maximum Gasteiger partial charge on any atom is 0.123 e. The third kappa shape index (κ3) is 1.66. The molecule has 3 rings (SSSR count). The van der Waals surface area contributed by atoms with E-state index in [1.807, 2.05) is 17.4 Å². The lowest BCUT2D eigenvalue weighted by molar-refractivity contribution is 0.545. The minimum atomic E-state index is 0.457. The highest BCUT2D eigenvalue weighted by Crippen LogP contribution is 2.33. The van der Waals surface area contributed by atoms with Gasteiger partial charge in [0.25, 0.3) is 0 Å². The normalized spacial score (nSPS) is 19.4. The van der Waals surface area contributed by atoms with E-state index >= 15 is 0 Å². The Balaban J connectivity index is 2.05. The number of hydrogen-bond donors (Lipinski definition) is 1. The lowest BCUT2D eigenvalue weighted by Gasteiger charge is -2.18. The Kier molecular flexibility index (Phi) is 2.50. The summed E-state index contributed by atoms with van der Waals surface area (Å²) < 4.78 is 0. The summed E-state index contributed by atoms with van der Waals surface area (Å²) in [6, 6.07) is 10.9. The summed E-state index contributed by atoms with van der Waals surface area (Å²) in [7, 11) is 0. The number of nitrogens with zero attached hydrogens (tertiary/aromatic N) is 1. The first kappa shape index (κ1) is 10.00. The van der Waals surface area contributed by atoms with E-state index in [4.69, 9.17) is 4.98 Å². The smallest absolute Gasteiger partial charge is 0.123 e. The van der Waals surface area contributed by atoms with Gasteiger partial charge < -0.3 is 5.32 Å². The molecule has 1 aliphatic rings. The molecule has 1 aliphatic heterocycles. The van der Waals surface area contributed by atoms with Crippen molar-refractivity contribution in [2.75, 3.05) is 6.54 Å². The zero-order chi connectivity index (χ0) is 11.0. The predicted molar refractivity (Wildman–Crippen MR) is 67.7 cm³/mol. The summed E-state index contributed by atoms with van der Waals surface area (Å²) in [5, 5.41) is 4.63. The lowest BCUT2D eigenvalue weighted by atomic mass is 10.1. The van der Waals surface area contributed by atoms with E-state index in [1.165, 1.54) is 16.1 Å². The van der Waals surface area contributed by atoms with E-state index in [-0.39, 0.29) is 0 Å². The van der Waals surface area contributed by atoms with Gasteiger partial charge in [-0.15, -0.1) is 11.3 Å². The molecule has 2 aromatic rings. The van der Waals surface area contributed by atoms with Crippen LogP contribution in [-0.4, -0.2) is 11.5 Å². The van der Waals surface area contributed by atoms with Gasteiger partial charge in [0.1, 0.15) is 5.01 Å². The highest BCUT2D eigenvalue weighted by atomic mass is 32.1. The molecule has 82 valence electrons. The molecule has 1 unspecified atom stereocenters. The molecule has 0 saturated heterocycles.